The molecule has 1 aromatic rings. The second kappa shape index (κ2) is 6.21. The molecule has 2 aliphatic carbocycles. The smallest absolute Gasteiger partial charge is 0.229 e. The van der Waals surface area contributed by atoms with Crippen LogP contribution in [0.2, 0.25) is 0 Å². The van der Waals surface area contributed by atoms with Gasteiger partial charge in [-0.25, -0.2) is 14.8 Å². The van der Waals surface area contributed by atoms with Gasteiger partial charge in [0.1, 0.15) is 0 Å². The molecule has 3 aliphatic rings. The van der Waals surface area contributed by atoms with Crippen molar-refractivity contribution in [3.05, 3.63) is 40.8 Å². The summed E-state index contributed by atoms with van der Waals surface area (Å²) in [5.74, 6) is 1.77. The van der Waals surface area contributed by atoms with Crippen molar-refractivity contribution < 1.29 is 4.79 Å². The van der Waals surface area contributed by atoms with Crippen molar-refractivity contribution in [1.29, 1.82) is 0 Å². The lowest BCUT2D eigenvalue weighted by Crippen LogP contribution is -2.19. The molecule has 4 rings (SSSR count). The molecule has 2 fully saturated rings. The standard InChI is InChI=1S/C8H4N2O.2C7H14/c11-5-8-9-6-3-1-2-4-7(6)10-8;2*1-6(2)5-7(6,3)4/h1-4H;2*5H2,1-4H3. The minimum atomic E-state index is 0.131. The van der Waals surface area contributed by atoms with E-state index < -0.39 is 0 Å². The Hall–Kier alpha value is -1.73. The van der Waals surface area contributed by atoms with Gasteiger partial charge < -0.3 is 0 Å². The topological polar surface area (TPSA) is 41.8 Å². The van der Waals surface area contributed by atoms with Gasteiger partial charge in [0.2, 0.25) is 5.82 Å². The third kappa shape index (κ3) is 4.46. The lowest BCUT2D eigenvalue weighted by molar-refractivity contribution is 0.457. The number of benzene rings is 1. The highest BCUT2D eigenvalue weighted by Crippen LogP contribution is 2.63. The van der Waals surface area contributed by atoms with Crippen LogP contribution in [-0.2, 0) is 4.79 Å². The fourth-order valence-electron chi connectivity index (χ4n) is 3.07. The molecule has 3 nitrogen and oxygen atoms in total. The van der Waals surface area contributed by atoms with E-state index in [2.05, 4.69) is 65.4 Å². The molecule has 0 spiro atoms. The fraction of sp³-hybridized carbons (Fsp3) is 0.636. The molecule has 0 N–H and O–H groups in total. The molecule has 0 unspecified atom stereocenters. The van der Waals surface area contributed by atoms with E-state index in [1.165, 1.54) is 12.8 Å². The van der Waals surface area contributed by atoms with Gasteiger partial charge in [-0.05, 0) is 46.6 Å². The fourth-order valence-corrected chi connectivity index (χ4v) is 3.07. The van der Waals surface area contributed by atoms with E-state index in [9.17, 15) is 4.79 Å². The van der Waals surface area contributed by atoms with E-state index in [0.717, 1.165) is 10.7 Å². The molecule has 0 amide bonds. The summed E-state index contributed by atoms with van der Waals surface area (Å²) >= 11 is 0. The summed E-state index contributed by atoms with van der Waals surface area (Å²) in [5.41, 5.74) is 2.58. The highest BCUT2D eigenvalue weighted by Gasteiger charge is 2.53. The Kier molecular flexibility index (Phi) is 4.87. The number of carbonyl (C=O) groups excluding carboxylic acids is 1. The summed E-state index contributed by atoms with van der Waals surface area (Å²) in [5, 5.41) is 1.48. The molecule has 1 aliphatic heterocycles. The number of rotatable bonds is 0. The summed E-state index contributed by atoms with van der Waals surface area (Å²) < 4.78 is 0. The van der Waals surface area contributed by atoms with Crippen LogP contribution in [0.1, 0.15) is 68.2 Å². The van der Waals surface area contributed by atoms with Crippen molar-refractivity contribution in [2.45, 2.75) is 68.2 Å². The number of nitrogens with zero attached hydrogens (tertiary/aromatic N) is 2. The lowest BCUT2D eigenvalue weighted by atomic mass is 10.0. The maximum Gasteiger partial charge on any atom is 0.240 e. The zero-order chi connectivity index (χ0) is 19.1. The van der Waals surface area contributed by atoms with Gasteiger partial charge in [-0.3, -0.25) is 0 Å². The van der Waals surface area contributed by atoms with E-state index in [4.69, 9.17) is 0 Å². The Morgan fingerprint density at radius 3 is 1.20 bits per heavy atom. The number of hydrogen-bond donors (Lipinski definition) is 0. The first-order valence-electron chi connectivity index (χ1n) is 9.09. The van der Waals surface area contributed by atoms with Crippen LogP contribution in [0.5, 0.6) is 0 Å². The van der Waals surface area contributed by atoms with E-state index in [-0.39, 0.29) is 5.82 Å². The van der Waals surface area contributed by atoms with E-state index >= 15 is 0 Å². The quantitative estimate of drug-likeness (QED) is 0.641. The molecular formula is C22H32N2O. The molecule has 25 heavy (non-hydrogen) atoms. The minimum absolute atomic E-state index is 0.131. The molecule has 0 atom stereocenters. The van der Waals surface area contributed by atoms with Crippen molar-refractivity contribution in [2.24, 2.45) is 31.6 Å². The molecule has 0 aromatic heterocycles. The Bertz CT molecular complexity index is 735. The second-order valence-corrected chi connectivity index (χ2v) is 10.0. The lowest BCUT2D eigenvalue weighted by Gasteiger charge is -2.04. The van der Waals surface area contributed by atoms with E-state index in [0.29, 0.717) is 21.7 Å². The predicted octanol–water partition coefficient (Wildman–Crippen LogP) is 4.50. The van der Waals surface area contributed by atoms with Crippen LogP contribution in [0, 0.1) is 21.7 Å². The number of para-hydroxylation sites is 2. The van der Waals surface area contributed by atoms with Gasteiger partial charge in [-0.15, -0.1) is 0 Å². The summed E-state index contributed by atoms with van der Waals surface area (Å²) in [6.07, 6.45) is 2.81. The van der Waals surface area contributed by atoms with Gasteiger partial charge in [0.05, 0.1) is 10.7 Å². The maximum atomic E-state index is 10.1. The average molecular weight is 341 g/mol. The SMILES string of the molecule is CC1(C)CC1(C)C.CC1(C)CC1(C)C.O=C=C1N=c2ccccc2=N1. The van der Waals surface area contributed by atoms with Gasteiger partial charge in [0.25, 0.3) is 0 Å². The van der Waals surface area contributed by atoms with Crippen LogP contribution < -0.4 is 10.7 Å². The Morgan fingerprint density at radius 1 is 0.720 bits per heavy atom. The molecule has 0 bridgehead atoms. The van der Waals surface area contributed by atoms with Crippen molar-refractivity contribution in [3.63, 3.8) is 0 Å². The zero-order valence-corrected chi connectivity index (χ0v) is 17.0. The summed E-state index contributed by atoms with van der Waals surface area (Å²) in [6.45, 7) is 18.6. The summed E-state index contributed by atoms with van der Waals surface area (Å²) in [6, 6.07) is 7.32. The summed E-state index contributed by atoms with van der Waals surface area (Å²) in [4.78, 5) is 17.9. The summed E-state index contributed by atoms with van der Waals surface area (Å²) in [7, 11) is 0. The molecule has 136 valence electrons. The van der Waals surface area contributed by atoms with Crippen LogP contribution >= 0.6 is 0 Å². The highest BCUT2D eigenvalue weighted by molar-refractivity contribution is 5.51. The highest BCUT2D eigenvalue weighted by atomic mass is 16.1. The Balaban J connectivity index is 0.000000142. The van der Waals surface area contributed by atoms with E-state index in [1.54, 1.807) is 5.94 Å². The van der Waals surface area contributed by atoms with Gasteiger partial charge in [0, 0.05) is 0 Å². The van der Waals surface area contributed by atoms with Gasteiger partial charge in [0.15, 0.2) is 5.94 Å². The monoisotopic (exact) mass is 340 g/mol. The first kappa shape index (κ1) is 19.6. The first-order valence-corrected chi connectivity index (χ1v) is 9.09. The molecule has 1 heterocycles. The largest absolute Gasteiger partial charge is 0.240 e. The molecule has 2 saturated carbocycles. The number of fused-ring (bicyclic) bond motifs is 1. The molecule has 1 aromatic carbocycles. The van der Waals surface area contributed by atoms with Crippen molar-refractivity contribution in [1.82, 2.24) is 0 Å². The normalized spacial score (nSPS) is 23.9. The average Bonchev–Trinajstić information content (AvgIpc) is 3.05. The van der Waals surface area contributed by atoms with Crippen LogP contribution in [-0.4, -0.2) is 5.94 Å². The van der Waals surface area contributed by atoms with Crippen LogP contribution in [0.3, 0.4) is 0 Å². The van der Waals surface area contributed by atoms with Crippen molar-refractivity contribution in [3.8, 4) is 0 Å². The van der Waals surface area contributed by atoms with Gasteiger partial charge in [-0.1, -0.05) is 67.5 Å². The zero-order valence-electron chi connectivity index (χ0n) is 17.0. The Labute approximate surface area is 152 Å². The minimum Gasteiger partial charge on any atom is -0.229 e. The van der Waals surface area contributed by atoms with Crippen LogP contribution in [0.4, 0.5) is 0 Å². The van der Waals surface area contributed by atoms with Crippen molar-refractivity contribution >= 4 is 5.94 Å². The van der Waals surface area contributed by atoms with Gasteiger partial charge in [-0.2, -0.15) is 0 Å². The third-order valence-corrected chi connectivity index (χ3v) is 6.61. The number of hydrogen-bond acceptors (Lipinski definition) is 3. The van der Waals surface area contributed by atoms with Gasteiger partial charge >= 0.3 is 0 Å². The maximum absolute atomic E-state index is 10.1. The van der Waals surface area contributed by atoms with Crippen LogP contribution in [0.15, 0.2) is 40.1 Å². The molecular weight excluding hydrogens is 308 g/mol. The Morgan fingerprint density at radius 2 is 1.00 bits per heavy atom. The van der Waals surface area contributed by atoms with E-state index in [1.807, 2.05) is 24.3 Å². The predicted molar refractivity (Wildman–Crippen MR) is 102 cm³/mol. The second-order valence-electron chi connectivity index (χ2n) is 10.0. The third-order valence-electron chi connectivity index (χ3n) is 6.61. The molecule has 0 saturated heterocycles. The first-order chi connectivity index (χ1) is 11.3. The van der Waals surface area contributed by atoms with Crippen LogP contribution in [0.25, 0.3) is 0 Å². The molecule has 0 radical (unpaired) electrons. The molecule has 3 heteroatoms. The van der Waals surface area contributed by atoms with Crippen molar-refractivity contribution in [2.75, 3.05) is 0 Å².